The average molecular weight is 437 g/mol. The summed E-state index contributed by atoms with van der Waals surface area (Å²) in [5.74, 6) is 1.04. The van der Waals surface area contributed by atoms with Crippen molar-refractivity contribution in [3.05, 3.63) is 59.1 Å². The lowest BCUT2D eigenvalue weighted by molar-refractivity contribution is 0.429. The summed E-state index contributed by atoms with van der Waals surface area (Å²) in [6, 6.07) is 10.1. The first kappa shape index (κ1) is 19.8. The van der Waals surface area contributed by atoms with Gasteiger partial charge >= 0.3 is 0 Å². The van der Waals surface area contributed by atoms with Crippen LogP contribution in [-0.4, -0.2) is 33.2 Å². The minimum absolute atomic E-state index is 0.269. The van der Waals surface area contributed by atoms with E-state index in [1.54, 1.807) is 35.7 Å². The molecular weight excluding hydrogens is 415 g/mol. The van der Waals surface area contributed by atoms with Crippen LogP contribution in [0.4, 0.5) is 16.2 Å². The van der Waals surface area contributed by atoms with E-state index in [1.807, 2.05) is 13.0 Å². The molecular formula is C22H21FN6OS. The number of thiazole rings is 1. The van der Waals surface area contributed by atoms with Gasteiger partial charge in [-0.1, -0.05) is 5.16 Å². The molecule has 31 heavy (non-hydrogen) atoms. The average Bonchev–Trinajstić information content (AvgIpc) is 3.42. The predicted octanol–water partition coefficient (Wildman–Crippen LogP) is 4.91. The van der Waals surface area contributed by atoms with Crippen molar-refractivity contribution < 1.29 is 8.91 Å². The van der Waals surface area contributed by atoms with Gasteiger partial charge in [-0.2, -0.15) is 0 Å². The first-order valence-electron chi connectivity index (χ1n) is 10.2. The largest absolute Gasteiger partial charge is 0.338 e. The van der Waals surface area contributed by atoms with Crippen molar-refractivity contribution in [3.8, 4) is 21.8 Å². The summed E-state index contributed by atoms with van der Waals surface area (Å²) >= 11 is 1.65. The van der Waals surface area contributed by atoms with Crippen LogP contribution in [-0.2, 0) is 0 Å². The van der Waals surface area contributed by atoms with Crippen LogP contribution in [0.15, 0.2) is 47.1 Å². The second kappa shape index (κ2) is 8.52. The van der Waals surface area contributed by atoms with Crippen molar-refractivity contribution in [2.24, 2.45) is 0 Å². The summed E-state index contributed by atoms with van der Waals surface area (Å²) in [5, 5.41) is 11.4. The quantitative estimate of drug-likeness (QED) is 0.459. The van der Waals surface area contributed by atoms with Gasteiger partial charge in [0.2, 0.25) is 11.8 Å². The Morgan fingerprint density at radius 1 is 1.13 bits per heavy atom. The number of nitrogens with one attached hydrogen (secondary N) is 2. The van der Waals surface area contributed by atoms with Crippen LogP contribution in [0.1, 0.15) is 29.5 Å². The van der Waals surface area contributed by atoms with Crippen LogP contribution < -0.4 is 10.6 Å². The number of halogens is 1. The molecule has 0 spiro atoms. The summed E-state index contributed by atoms with van der Waals surface area (Å²) in [5.41, 5.74) is 3.21. The highest BCUT2D eigenvalue weighted by molar-refractivity contribution is 7.15. The lowest BCUT2D eigenvalue weighted by atomic mass is 9.99. The fourth-order valence-electron chi connectivity index (χ4n) is 3.64. The predicted molar refractivity (Wildman–Crippen MR) is 118 cm³/mol. The molecule has 0 radical (unpaired) electrons. The molecule has 1 aromatic carbocycles. The van der Waals surface area contributed by atoms with Crippen LogP contribution in [0.5, 0.6) is 0 Å². The van der Waals surface area contributed by atoms with E-state index in [9.17, 15) is 4.39 Å². The molecule has 1 saturated heterocycles. The first-order valence-corrected chi connectivity index (χ1v) is 11.0. The molecule has 3 aromatic heterocycles. The summed E-state index contributed by atoms with van der Waals surface area (Å²) in [4.78, 5) is 14.9. The lowest BCUT2D eigenvalue weighted by Gasteiger charge is -2.20. The highest BCUT2D eigenvalue weighted by atomic mass is 32.1. The fourth-order valence-corrected chi connectivity index (χ4v) is 4.86. The van der Waals surface area contributed by atoms with Crippen molar-refractivity contribution in [1.29, 1.82) is 0 Å². The minimum Gasteiger partial charge on any atom is -0.338 e. The summed E-state index contributed by atoms with van der Waals surface area (Å²) in [7, 11) is 0. The minimum atomic E-state index is -0.269. The second-order valence-electron chi connectivity index (χ2n) is 7.48. The standard InChI is InChI=1S/C22H21FN6OS/c1-13-12-18(30-29-13)27-22-25-11-8-17(26-22)20-19(14-2-4-16(23)5-3-14)28-21(31-20)15-6-9-24-10-7-15/h2-5,8,11-12,15,24H,6-7,9-10H2,1H3,(H,25,26,27). The number of benzene rings is 1. The van der Waals surface area contributed by atoms with E-state index < -0.39 is 0 Å². The molecule has 1 aliphatic heterocycles. The molecule has 4 aromatic rings. The maximum atomic E-state index is 13.5. The molecule has 0 bridgehead atoms. The van der Waals surface area contributed by atoms with Crippen molar-refractivity contribution in [2.75, 3.05) is 18.4 Å². The van der Waals surface area contributed by atoms with Gasteiger partial charge in [0.25, 0.3) is 0 Å². The zero-order valence-electron chi connectivity index (χ0n) is 16.9. The van der Waals surface area contributed by atoms with E-state index in [1.165, 1.54) is 12.1 Å². The Kier molecular flexibility index (Phi) is 5.44. The normalized spacial score (nSPS) is 14.6. The van der Waals surface area contributed by atoms with E-state index in [0.29, 0.717) is 17.8 Å². The van der Waals surface area contributed by atoms with Gasteiger partial charge in [-0.05, 0) is 63.2 Å². The Bertz CT molecular complexity index is 1180. The number of piperidine rings is 1. The number of anilines is 2. The maximum Gasteiger partial charge on any atom is 0.231 e. The molecule has 0 aliphatic carbocycles. The third kappa shape index (κ3) is 4.33. The lowest BCUT2D eigenvalue weighted by Crippen LogP contribution is -2.26. The second-order valence-corrected chi connectivity index (χ2v) is 8.51. The number of hydrogen-bond acceptors (Lipinski definition) is 8. The SMILES string of the molecule is Cc1cc(Nc2nccc(-c3sc(C4CCNCC4)nc3-c3ccc(F)cc3)n2)on1. The topological polar surface area (TPSA) is 88.8 Å². The molecule has 0 atom stereocenters. The maximum absolute atomic E-state index is 13.5. The highest BCUT2D eigenvalue weighted by Gasteiger charge is 2.23. The summed E-state index contributed by atoms with van der Waals surface area (Å²) in [6.07, 6.45) is 3.81. The molecule has 7 nitrogen and oxygen atoms in total. The van der Waals surface area contributed by atoms with Crippen LogP contribution >= 0.6 is 11.3 Å². The number of rotatable bonds is 5. The van der Waals surface area contributed by atoms with Gasteiger partial charge in [-0.15, -0.1) is 11.3 Å². The fraction of sp³-hybridized carbons (Fsp3) is 0.273. The molecule has 9 heteroatoms. The molecule has 5 rings (SSSR count). The zero-order valence-corrected chi connectivity index (χ0v) is 17.7. The van der Waals surface area contributed by atoms with Gasteiger partial charge in [-0.25, -0.2) is 19.3 Å². The van der Waals surface area contributed by atoms with Gasteiger partial charge in [0.15, 0.2) is 0 Å². The summed E-state index contributed by atoms with van der Waals surface area (Å²) < 4.78 is 18.7. The van der Waals surface area contributed by atoms with E-state index >= 15 is 0 Å². The van der Waals surface area contributed by atoms with Crippen LogP contribution in [0, 0.1) is 12.7 Å². The van der Waals surface area contributed by atoms with Crippen molar-refractivity contribution in [1.82, 2.24) is 25.4 Å². The number of aryl methyl sites for hydroxylation is 1. The van der Waals surface area contributed by atoms with E-state index in [2.05, 4.69) is 25.8 Å². The first-order chi connectivity index (χ1) is 15.2. The monoisotopic (exact) mass is 436 g/mol. The Morgan fingerprint density at radius 2 is 1.94 bits per heavy atom. The number of nitrogens with zero attached hydrogens (tertiary/aromatic N) is 4. The Morgan fingerprint density at radius 3 is 2.68 bits per heavy atom. The zero-order chi connectivity index (χ0) is 21.2. The van der Waals surface area contributed by atoms with Crippen LogP contribution in [0.2, 0.25) is 0 Å². The molecule has 4 heterocycles. The van der Waals surface area contributed by atoms with Crippen molar-refractivity contribution >= 4 is 23.2 Å². The number of aromatic nitrogens is 4. The molecule has 1 aliphatic rings. The third-order valence-corrected chi connectivity index (χ3v) is 6.44. The molecule has 0 amide bonds. The number of hydrogen-bond donors (Lipinski definition) is 2. The van der Waals surface area contributed by atoms with E-state index in [4.69, 9.17) is 9.51 Å². The van der Waals surface area contributed by atoms with Gasteiger partial charge in [0.1, 0.15) is 5.82 Å². The smallest absolute Gasteiger partial charge is 0.231 e. The van der Waals surface area contributed by atoms with Gasteiger partial charge < -0.3 is 9.84 Å². The van der Waals surface area contributed by atoms with E-state index in [0.717, 1.165) is 58.5 Å². The Hall–Kier alpha value is -3.17. The van der Waals surface area contributed by atoms with Gasteiger partial charge in [0, 0.05) is 23.7 Å². The van der Waals surface area contributed by atoms with Gasteiger partial charge in [-0.3, -0.25) is 5.32 Å². The van der Waals surface area contributed by atoms with Crippen LogP contribution in [0.3, 0.4) is 0 Å². The molecule has 1 fully saturated rings. The van der Waals surface area contributed by atoms with Crippen molar-refractivity contribution in [2.45, 2.75) is 25.7 Å². The van der Waals surface area contributed by atoms with Gasteiger partial charge in [0.05, 0.1) is 27.0 Å². The molecule has 0 saturated carbocycles. The van der Waals surface area contributed by atoms with Crippen LogP contribution in [0.25, 0.3) is 21.8 Å². The Balaban J connectivity index is 1.54. The molecule has 2 N–H and O–H groups in total. The van der Waals surface area contributed by atoms with Crippen molar-refractivity contribution in [3.63, 3.8) is 0 Å². The third-order valence-electron chi connectivity index (χ3n) is 5.20. The molecule has 158 valence electrons. The highest BCUT2D eigenvalue weighted by Crippen LogP contribution is 2.40. The van der Waals surface area contributed by atoms with E-state index in [-0.39, 0.29) is 5.82 Å². The Labute approximate surface area is 182 Å². The summed E-state index contributed by atoms with van der Waals surface area (Å²) in [6.45, 7) is 3.83. The molecule has 0 unspecified atom stereocenters.